The molecule has 2 amide bonds. The van der Waals surface area contributed by atoms with E-state index in [2.05, 4.69) is 15.4 Å². The molecule has 1 aliphatic rings. The topological polar surface area (TPSA) is 80.1 Å². The molecule has 0 spiro atoms. The summed E-state index contributed by atoms with van der Waals surface area (Å²) in [5.74, 6) is -0.0500. The maximum Gasteiger partial charge on any atom is 0.255 e. The van der Waals surface area contributed by atoms with Crippen molar-refractivity contribution in [1.29, 1.82) is 0 Å². The number of carbonyl (C=O) groups is 2. The summed E-state index contributed by atoms with van der Waals surface area (Å²) in [5.41, 5.74) is 2.94. The van der Waals surface area contributed by atoms with Crippen molar-refractivity contribution in [3.05, 3.63) is 66.7 Å². The standard InChI is InChI=1S/C20H19N5O2/c26-19-3-1-2-12-24(19)17-8-4-15(5-9-17)20(27)23-16-6-10-18(11-7-16)25-14-21-13-22-25/h4-11,13-14H,1-3,12H2,(H,23,27). The van der Waals surface area contributed by atoms with Gasteiger partial charge in [-0.2, -0.15) is 5.10 Å². The van der Waals surface area contributed by atoms with Gasteiger partial charge in [0.2, 0.25) is 5.91 Å². The SMILES string of the molecule is O=C(Nc1ccc(-n2cncn2)cc1)c1ccc(N2CCCCC2=O)cc1. The predicted octanol–water partition coefficient (Wildman–Crippen LogP) is 3.04. The maximum atomic E-state index is 12.5. The van der Waals surface area contributed by atoms with Crippen molar-refractivity contribution in [2.24, 2.45) is 0 Å². The highest BCUT2D eigenvalue weighted by molar-refractivity contribution is 6.04. The van der Waals surface area contributed by atoms with Gasteiger partial charge in [0.15, 0.2) is 0 Å². The van der Waals surface area contributed by atoms with Gasteiger partial charge in [0.1, 0.15) is 12.7 Å². The molecular formula is C20H19N5O2. The quantitative estimate of drug-likeness (QED) is 0.774. The van der Waals surface area contributed by atoms with Gasteiger partial charge >= 0.3 is 0 Å². The van der Waals surface area contributed by atoms with Crippen molar-refractivity contribution < 1.29 is 9.59 Å². The molecule has 0 saturated carbocycles. The third kappa shape index (κ3) is 3.72. The molecule has 2 heterocycles. The molecule has 1 aromatic heterocycles. The molecule has 27 heavy (non-hydrogen) atoms. The lowest BCUT2D eigenvalue weighted by Gasteiger charge is -2.26. The number of amides is 2. The minimum absolute atomic E-state index is 0.144. The Balaban J connectivity index is 1.43. The second-order valence-electron chi connectivity index (χ2n) is 6.39. The predicted molar refractivity (Wildman–Crippen MR) is 102 cm³/mol. The van der Waals surface area contributed by atoms with Crippen LogP contribution in [0.1, 0.15) is 29.6 Å². The first kappa shape index (κ1) is 17.0. The number of nitrogens with one attached hydrogen (secondary N) is 1. The summed E-state index contributed by atoms with van der Waals surface area (Å²) < 4.78 is 1.65. The third-order valence-electron chi connectivity index (χ3n) is 4.57. The summed E-state index contributed by atoms with van der Waals surface area (Å²) in [6.07, 6.45) is 5.63. The zero-order valence-electron chi connectivity index (χ0n) is 14.7. The van der Waals surface area contributed by atoms with Crippen LogP contribution in [0.15, 0.2) is 61.2 Å². The average Bonchev–Trinajstić information content (AvgIpc) is 3.24. The molecule has 7 heteroatoms. The van der Waals surface area contributed by atoms with Crippen molar-refractivity contribution in [2.45, 2.75) is 19.3 Å². The molecule has 0 bridgehead atoms. The van der Waals surface area contributed by atoms with E-state index in [1.165, 1.54) is 6.33 Å². The van der Waals surface area contributed by atoms with Crippen molar-refractivity contribution in [2.75, 3.05) is 16.8 Å². The highest BCUT2D eigenvalue weighted by Gasteiger charge is 2.19. The van der Waals surface area contributed by atoms with Gasteiger partial charge in [0, 0.05) is 29.9 Å². The van der Waals surface area contributed by atoms with Gasteiger partial charge < -0.3 is 10.2 Å². The molecule has 4 rings (SSSR count). The van der Waals surface area contributed by atoms with Gasteiger partial charge in [-0.1, -0.05) is 0 Å². The summed E-state index contributed by atoms with van der Waals surface area (Å²) in [5, 5.41) is 6.94. The molecule has 2 aromatic carbocycles. The van der Waals surface area contributed by atoms with E-state index >= 15 is 0 Å². The van der Waals surface area contributed by atoms with Gasteiger partial charge in [-0.15, -0.1) is 0 Å². The molecule has 0 radical (unpaired) electrons. The monoisotopic (exact) mass is 361 g/mol. The minimum atomic E-state index is -0.194. The van der Waals surface area contributed by atoms with Crippen LogP contribution in [0.5, 0.6) is 0 Å². The molecule has 7 nitrogen and oxygen atoms in total. The minimum Gasteiger partial charge on any atom is -0.322 e. The number of hydrogen-bond donors (Lipinski definition) is 1. The zero-order valence-corrected chi connectivity index (χ0v) is 14.7. The van der Waals surface area contributed by atoms with E-state index in [-0.39, 0.29) is 11.8 Å². The largest absolute Gasteiger partial charge is 0.322 e. The molecule has 1 aliphatic heterocycles. The lowest BCUT2D eigenvalue weighted by atomic mass is 10.1. The van der Waals surface area contributed by atoms with E-state index in [0.29, 0.717) is 17.7 Å². The van der Waals surface area contributed by atoms with Crippen LogP contribution in [-0.4, -0.2) is 33.1 Å². The third-order valence-corrected chi connectivity index (χ3v) is 4.57. The lowest BCUT2D eigenvalue weighted by Crippen LogP contribution is -2.35. The fourth-order valence-corrected chi connectivity index (χ4v) is 3.11. The van der Waals surface area contributed by atoms with E-state index in [1.807, 2.05) is 36.4 Å². The van der Waals surface area contributed by atoms with Gasteiger partial charge in [-0.25, -0.2) is 9.67 Å². The van der Waals surface area contributed by atoms with E-state index in [9.17, 15) is 9.59 Å². The highest BCUT2D eigenvalue weighted by atomic mass is 16.2. The zero-order chi connectivity index (χ0) is 18.6. The van der Waals surface area contributed by atoms with Crippen molar-refractivity contribution in [1.82, 2.24) is 14.8 Å². The fraction of sp³-hybridized carbons (Fsp3) is 0.200. The van der Waals surface area contributed by atoms with Crippen LogP contribution in [-0.2, 0) is 4.79 Å². The number of hydrogen-bond acceptors (Lipinski definition) is 4. The molecule has 1 saturated heterocycles. The van der Waals surface area contributed by atoms with E-state index < -0.39 is 0 Å². The summed E-state index contributed by atoms with van der Waals surface area (Å²) in [6, 6.07) is 14.5. The van der Waals surface area contributed by atoms with E-state index in [4.69, 9.17) is 0 Å². The van der Waals surface area contributed by atoms with Crippen LogP contribution in [0.3, 0.4) is 0 Å². The highest BCUT2D eigenvalue weighted by Crippen LogP contribution is 2.22. The molecule has 1 N–H and O–H groups in total. The maximum absolute atomic E-state index is 12.5. The van der Waals surface area contributed by atoms with Crippen LogP contribution in [0.25, 0.3) is 5.69 Å². The first-order valence-electron chi connectivity index (χ1n) is 8.87. The Morgan fingerprint density at radius 3 is 2.37 bits per heavy atom. The molecule has 3 aromatic rings. The number of aromatic nitrogens is 3. The Kier molecular flexibility index (Phi) is 4.65. The Hall–Kier alpha value is -3.48. The van der Waals surface area contributed by atoms with Gasteiger partial charge in [0.25, 0.3) is 5.91 Å². The Labute approximate surface area is 156 Å². The molecule has 0 unspecified atom stereocenters. The Bertz CT molecular complexity index is 934. The van der Waals surface area contributed by atoms with E-state index in [1.54, 1.807) is 28.0 Å². The number of nitrogens with zero attached hydrogens (tertiary/aromatic N) is 4. The Morgan fingerprint density at radius 1 is 0.963 bits per heavy atom. The molecular weight excluding hydrogens is 342 g/mol. The molecule has 0 atom stereocenters. The summed E-state index contributed by atoms with van der Waals surface area (Å²) in [7, 11) is 0. The molecule has 0 aliphatic carbocycles. The van der Waals surface area contributed by atoms with Gasteiger partial charge in [-0.3, -0.25) is 9.59 Å². The summed E-state index contributed by atoms with van der Waals surface area (Å²) >= 11 is 0. The van der Waals surface area contributed by atoms with Gasteiger partial charge in [-0.05, 0) is 61.4 Å². The van der Waals surface area contributed by atoms with Crippen LogP contribution in [0.4, 0.5) is 11.4 Å². The summed E-state index contributed by atoms with van der Waals surface area (Å²) in [4.78, 5) is 30.2. The molecule has 1 fully saturated rings. The number of rotatable bonds is 4. The Morgan fingerprint density at radius 2 is 1.70 bits per heavy atom. The lowest BCUT2D eigenvalue weighted by molar-refractivity contribution is -0.119. The van der Waals surface area contributed by atoms with Gasteiger partial charge in [0.05, 0.1) is 5.69 Å². The number of carbonyl (C=O) groups excluding carboxylic acids is 2. The van der Waals surface area contributed by atoms with Crippen molar-refractivity contribution in [3.63, 3.8) is 0 Å². The summed E-state index contributed by atoms with van der Waals surface area (Å²) in [6.45, 7) is 0.739. The first-order valence-corrected chi connectivity index (χ1v) is 8.87. The van der Waals surface area contributed by atoms with Crippen molar-refractivity contribution in [3.8, 4) is 5.69 Å². The molecule has 136 valence electrons. The number of piperidine rings is 1. The second-order valence-corrected chi connectivity index (χ2v) is 6.39. The fourth-order valence-electron chi connectivity index (χ4n) is 3.11. The second kappa shape index (κ2) is 7.41. The van der Waals surface area contributed by atoms with E-state index in [0.717, 1.165) is 30.8 Å². The first-order chi connectivity index (χ1) is 13.2. The smallest absolute Gasteiger partial charge is 0.255 e. The normalized spacial score (nSPS) is 14.2. The van der Waals surface area contributed by atoms with Crippen LogP contribution >= 0.6 is 0 Å². The van der Waals surface area contributed by atoms with Crippen LogP contribution in [0.2, 0.25) is 0 Å². The van der Waals surface area contributed by atoms with Crippen LogP contribution < -0.4 is 10.2 Å². The number of benzene rings is 2. The van der Waals surface area contributed by atoms with Crippen LogP contribution in [0, 0.1) is 0 Å². The van der Waals surface area contributed by atoms with Crippen molar-refractivity contribution >= 4 is 23.2 Å². The average molecular weight is 361 g/mol. The number of anilines is 2.